The lowest BCUT2D eigenvalue weighted by atomic mass is 9.89. The summed E-state index contributed by atoms with van der Waals surface area (Å²) in [6, 6.07) is 6.10. The predicted molar refractivity (Wildman–Crippen MR) is 107 cm³/mol. The zero-order valence-electron chi connectivity index (χ0n) is 16.3. The van der Waals surface area contributed by atoms with E-state index >= 15 is 0 Å². The lowest BCUT2D eigenvalue weighted by Gasteiger charge is -2.39. The number of carboxylic acid groups (broad SMARTS) is 1. The van der Waals surface area contributed by atoms with Crippen molar-refractivity contribution in [3.8, 4) is 0 Å². The van der Waals surface area contributed by atoms with Crippen molar-refractivity contribution in [1.82, 2.24) is 4.90 Å². The third-order valence-electron chi connectivity index (χ3n) is 4.85. The van der Waals surface area contributed by atoms with E-state index in [-0.39, 0.29) is 18.6 Å². The highest BCUT2D eigenvalue weighted by Crippen LogP contribution is 2.37. The molecule has 2 heterocycles. The van der Waals surface area contributed by atoms with E-state index in [1.54, 1.807) is 11.3 Å². The molecule has 2 atom stereocenters. The number of ether oxygens (including phenoxy) is 1. The Morgan fingerprint density at radius 2 is 2.04 bits per heavy atom. The molecule has 1 N–H and O–H groups in total. The molecule has 6 heteroatoms. The molecule has 5 nitrogen and oxygen atoms in total. The molecule has 0 radical (unpaired) electrons. The molecule has 1 fully saturated rings. The molecule has 1 aromatic carbocycles. The van der Waals surface area contributed by atoms with Crippen molar-refractivity contribution < 1.29 is 19.4 Å². The van der Waals surface area contributed by atoms with Crippen LogP contribution in [0.15, 0.2) is 23.6 Å². The van der Waals surface area contributed by atoms with Gasteiger partial charge >= 0.3 is 12.1 Å². The first-order valence-electron chi connectivity index (χ1n) is 9.35. The Kier molecular flexibility index (Phi) is 5.47. The number of piperidine rings is 1. The highest BCUT2D eigenvalue weighted by Gasteiger charge is 2.34. The van der Waals surface area contributed by atoms with Gasteiger partial charge in [-0.05, 0) is 73.6 Å². The van der Waals surface area contributed by atoms with Crippen molar-refractivity contribution in [2.45, 2.75) is 58.6 Å². The normalized spacial score (nSPS) is 20.7. The number of nitrogens with zero attached hydrogens (tertiary/aromatic N) is 1. The van der Waals surface area contributed by atoms with Crippen molar-refractivity contribution in [2.24, 2.45) is 5.92 Å². The number of fused-ring (bicyclic) bond motifs is 1. The van der Waals surface area contributed by atoms with Crippen LogP contribution in [0.5, 0.6) is 0 Å². The van der Waals surface area contributed by atoms with Gasteiger partial charge in [-0.25, -0.2) is 4.79 Å². The fraction of sp³-hybridized carbons (Fsp3) is 0.524. The standard InChI is InChI=1S/C21H27NO4S/c1-13-5-7-17(22(11-13)20(25)26-21(2,3)4)14-6-8-18-16(9-14)15(12-27-18)10-19(23)24/h6,8-9,12-13,17H,5,7,10-11H2,1-4H3,(H,23,24). The zero-order valence-corrected chi connectivity index (χ0v) is 17.1. The first kappa shape index (κ1) is 19.7. The summed E-state index contributed by atoms with van der Waals surface area (Å²) in [5.41, 5.74) is 1.34. The van der Waals surface area contributed by atoms with E-state index < -0.39 is 11.6 Å². The Morgan fingerprint density at radius 3 is 2.70 bits per heavy atom. The molecule has 0 aliphatic carbocycles. The van der Waals surface area contributed by atoms with Crippen molar-refractivity contribution >= 4 is 33.5 Å². The number of rotatable bonds is 3. The van der Waals surface area contributed by atoms with Crippen molar-refractivity contribution in [2.75, 3.05) is 6.54 Å². The summed E-state index contributed by atoms with van der Waals surface area (Å²) in [6.07, 6.45) is 1.66. The molecule has 0 saturated carbocycles. The fourth-order valence-corrected chi connectivity index (χ4v) is 4.57. The van der Waals surface area contributed by atoms with Crippen molar-refractivity contribution in [3.05, 3.63) is 34.7 Å². The third-order valence-corrected chi connectivity index (χ3v) is 5.86. The Balaban J connectivity index is 1.94. The summed E-state index contributed by atoms with van der Waals surface area (Å²) in [5.74, 6) is -0.400. The summed E-state index contributed by atoms with van der Waals surface area (Å²) in [4.78, 5) is 25.8. The number of amides is 1. The van der Waals surface area contributed by atoms with Crippen LogP contribution in [0.3, 0.4) is 0 Å². The predicted octanol–water partition coefficient (Wildman–Crippen LogP) is 5.24. The molecule has 1 aliphatic heterocycles. The highest BCUT2D eigenvalue weighted by atomic mass is 32.1. The summed E-state index contributed by atoms with van der Waals surface area (Å²) < 4.78 is 6.71. The number of likely N-dealkylation sites (tertiary alicyclic amines) is 1. The number of thiophene rings is 1. The minimum atomic E-state index is -0.832. The molecule has 2 unspecified atom stereocenters. The van der Waals surface area contributed by atoms with Crippen LogP contribution in [-0.2, 0) is 16.0 Å². The van der Waals surface area contributed by atoms with Crippen LogP contribution in [0, 0.1) is 5.92 Å². The summed E-state index contributed by atoms with van der Waals surface area (Å²) in [6.45, 7) is 8.46. The molecule has 1 amide bonds. The topological polar surface area (TPSA) is 66.8 Å². The molecule has 3 rings (SSSR count). The lowest BCUT2D eigenvalue weighted by molar-refractivity contribution is -0.136. The second kappa shape index (κ2) is 7.50. The number of carbonyl (C=O) groups is 2. The van der Waals surface area contributed by atoms with Gasteiger partial charge in [0.25, 0.3) is 0 Å². The number of aliphatic carboxylic acids is 1. The second-order valence-corrected chi connectivity index (χ2v) is 9.33. The molecule has 146 valence electrons. The van der Waals surface area contributed by atoms with Gasteiger partial charge in [0, 0.05) is 11.2 Å². The van der Waals surface area contributed by atoms with E-state index in [9.17, 15) is 9.59 Å². The van der Waals surface area contributed by atoms with Crippen LogP contribution >= 0.6 is 11.3 Å². The largest absolute Gasteiger partial charge is 0.481 e. The maximum absolute atomic E-state index is 12.8. The molecule has 1 saturated heterocycles. The van der Waals surface area contributed by atoms with E-state index in [1.807, 2.05) is 37.1 Å². The molecular formula is C21H27NO4S. The minimum Gasteiger partial charge on any atom is -0.481 e. The molecule has 0 spiro atoms. The van der Waals surface area contributed by atoms with Gasteiger partial charge in [-0.1, -0.05) is 13.0 Å². The number of hydrogen-bond acceptors (Lipinski definition) is 4. The first-order chi connectivity index (χ1) is 12.6. The van der Waals surface area contributed by atoms with E-state index in [2.05, 4.69) is 19.1 Å². The number of carbonyl (C=O) groups excluding carboxylic acids is 1. The van der Waals surface area contributed by atoms with Crippen LogP contribution in [0.4, 0.5) is 4.79 Å². The molecule has 0 bridgehead atoms. The van der Waals surface area contributed by atoms with Crippen molar-refractivity contribution in [1.29, 1.82) is 0 Å². The average Bonchev–Trinajstić information content (AvgIpc) is 2.95. The number of benzene rings is 1. The average molecular weight is 390 g/mol. The smallest absolute Gasteiger partial charge is 0.410 e. The quantitative estimate of drug-likeness (QED) is 0.780. The molecule has 2 aromatic rings. The maximum atomic E-state index is 12.8. The van der Waals surface area contributed by atoms with Crippen molar-refractivity contribution in [3.63, 3.8) is 0 Å². The second-order valence-electron chi connectivity index (χ2n) is 8.42. The van der Waals surface area contributed by atoms with Gasteiger partial charge in [0.15, 0.2) is 0 Å². The Morgan fingerprint density at radius 1 is 1.30 bits per heavy atom. The van der Waals surface area contributed by atoms with Crippen LogP contribution in [-0.4, -0.2) is 34.2 Å². The van der Waals surface area contributed by atoms with Gasteiger partial charge in [-0.15, -0.1) is 11.3 Å². The van der Waals surface area contributed by atoms with E-state index in [0.717, 1.165) is 34.1 Å². The Hall–Kier alpha value is -2.08. The summed E-state index contributed by atoms with van der Waals surface area (Å²) in [5, 5.41) is 12.0. The SMILES string of the molecule is CC1CCC(c2ccc3scc(CC(=O)O)c3c2)N(C(=O)OC(C)(C)C)C1. The van der Waals surface area contributed by atoms with Gasteiger partial charge in [-0.2, -0.15) is 0 Å². The monoisotopic (exact) mass is 389 g/mol. The van der Waals surface area contributed by atoms with Crippen LogP contribution < -0.4 is 0 Å². The lowest BCUT2D eigenvalue weighted by Crippen LogP contribution is -2.44. The fourth-order valence-electron chi connectivity index (χ4n) is 3.63. The minimum absolute atomic E-state index is 0.0148. The summed E-state index contributed by atoms with van der Waals surface area (Å²) >= 11 is 1.56. The van der Waals surface area contributed by atoms with Gasteiger partial charge < -0.3 is 14.7 Å². The molecular weight excluding hydrogens is 362 g/mol. The number of hydrogen-bond donors (Lipinski definition) is 1. The van der Waals surface area contributed by atoms with E-state index in [1.165, 1.54) is 0 Å². The summed E-state index contributed by atoms with van der Waals surface area (Å²) in [7, 11) is 0. The van der Waals surface area contributed by atoms with Gasteiger partial charge in [0.05, 0.1) is 12.5 Å². The highest BCUT2D eigenvalue weighted by molar-refractivity contribution is 7.17. The zero-order chi connectivity index (χ0) is 19.8. The van der Waals surface area contributed by atoms with E-state index in [0.29, 0.717) is 12.5 Å². The third kappa shape index (κ3) is 4.61. The molecule has 27 heavy (non-hydrogen) atoms. The van der Waals surface area contributed by atoms with E-state index in [4.69, 9.17) is 9.84 Å². The van der Waals surface area contributed by atoms with Gasteiger partial charge in [0.1, 0.15) is 5.60 Å². The van der Waals surface area contributed by atoms with Gasteiger partial charge in [0.2, 0.25) is 0 Å². The number of carboxylic acids is 1. The maximum Gasteiger partial charge on any atom is 0.410 e. The molecule has 1 aliphatic rings. The Bertz CT molecular complexity index is 851. The first-order valence-corrected chi connectivity index (χ1v) is 10.2. The Labute approximate surface area is 163 Å². The van der Waals surface area contributed by atoms with Crippen LogP contribution in [0.2, 0.25) is 0 Å². The van der Waals surface area contributed by atoms with Gasteiger partial charge in [-0.3, -0.25) is 4.79 Å². The molecule has 1 aromatic heterocycles. The van der Waals surface area contributed by atoms with Crippen LogP contribution in [0.25, 0.3) is 10.1 Å². The van der Waals surface area contributed by atoms with Crippen LogP contribution in [0.1, 0.15) is 57.7 Å².